The van der Waals surface area contributed by atoms with Crippen LogP contribution in [0.4, 0.5) is 4.79 Å². The molecule has 1 aliphatic heterocycles. The molecular formula is C18H22N2O5. The van der Waals surface area contributed by atoms with E-state index in [4.69, 9.17) is 14.2 Å². The summed E-state index contributed by atoms with van der Waals surface area (Å²) in [6.45, 7) is 7.58. The number of carbonyl (C=O) groups is 2. The molecule has 25 heavy (non-hydrogen) atoms. The molecule has 1 atom stereocenters. The van der Waals surface area contributed by atoms with Gasteiger partial charge < -0.3 is 24.8 Å². The van der Waals surface area contributed by atoms with Crippen LogP contribution < -0.4 is 20.1 Å². The molecule has 1 aromatic carbocycles. The fourth-order valence-corrected chi connectivity index (χ4v) is 2.55. The Morgan fingerprint density at radius 2 is 2.12 bits per heavy atom. The summed E-state index contributed by atoms with van der Waals surface area (Å²) in [6.07, 6.45) is 1.63. The first-order valence-electron chi connectivity index (χ1n) is 7.88. The Bertz CT molecular complexity index is 711. The van der Waals surface area contributed by atoms with Crippen LogP contribution >= 0.6 is 0 Å². The molecule has 1 aromatic rings. The summed E-state index contributed by atoms with van der Waals surface area (Å²) in [7, 11) is 1.52. The molecule has 134 valence electrons. The van der Waals surface area contributed by atoms with Crippen molar-refractivity contribution in [3.8, 4) is 11.5 Å². The van der Waals surface area contributed by atoms with Crippen LogP contribution in [0, 0.1) is 0 Å². The topological polar surface area (TPSA) is 85.9 Å². The summed E-state index contributed by atoms with van der Waals surface area (Å²) in [5, 5.41) is 5.34. The summed E-state index contributed by atoms with van der Waals surface area (Å²) in [6, 6.07) is 4.19. The van der Waals surface area contributed by atoms with Crippen molar-refractivity contribution in [2.24, 2.45) is 0 Å². The number of methoxy groups -OCH3 is 1. The van der Waals surface area contributed by atoms with Gasteiger partial charge in [0.15, 0.2) is 11.5 Å². The SMILES string of the molecule is C=CCOc1ccc([C@@H]2NC(=O)NC(C)=C2C(=O)OCC)cc1OC. The van der Waals surface area contributed by atoms with Crippen LogP contribution in [-0.4, -0.2) is 32.3 Å². The lowest BCUT2D eigenvalue weighted by Crippen LogP contribution is -2.45. The summed E-state index contributed by atoms with van der Waals surface area (Å²) in [4.78, 5) is 24.2. The number of benzene rings is 1. The van der Waals surface area contributed by atoms with Crippen molar-refractivity contribution in [1.29, 1.82) is 0 Å². The number of urea groups is 1. The third-order valence-electron chi connectivity index (χ3n) is 3.64. The van der Waals surface area contributed by atoms with Gasteiger partial charge >= 0.3 is 12.0 Å². The van der Waals surface area contributed by atoms with Gasteiger partial charge in [-0.15, -0.1) is 0 Å². The summed E-state index contributed by atoms with van der Waals surface area (Å²) < 4.78 is 16.0. The Balaban J connectivity index is 2.42. The quantitative estimate of drug-likeness (QED) is 0.585. The Morgan fingerprint density at radius 3 is 2.76 bits per heavy atom. The second-order valence-corrected chi connectivity index (χ2v) is 5.30. The lowest BCUT2D eigenvalue weighted by Gasteiger charge is -2.28. The van der Waals surface area contributed by atoms with E-state index in [0.29, 0.717) is 34.9 Å². The van der Waals surface area contributed by atoms with E-state index in [9.17, 15) is 9.59 Å². The maximum Gasteiger partial charge on any atom is 0.338 e. The number of amides is 2. The molecule has 0 fully saturated rings. The van der Waals surface area contributed by atoms with Crippen molar-refractivity contribution in [2.75, 3.05) is 20.3 Å². The monoisotopic (exact) mass is 346 g/mol. The second kappa shape index (κ2) is 8.23. The number of ether oxygens (including phenoxy) is 3. The van der Waals surface area contributed by atoms with E-state index in [1.807, 2.05) is 0 Å². The van der Waals surface area contributed by atoms with Gasteiger partial charge in [-0.3, -0.25) is 0 Å². The maximum absolute atomic E-state index is 12.3. The van der Waals surface area contributed by atoms with Crippen molar-refractivity contribution in [3.05, 3.63) is 47.7 Å². The molecule has 7 heteroatoms. The summed E-state index contributed by atoms with van der Waals surface area (Å²) in [5.74, 6) is 0.557. The molecule has 1 heterocycles. The molecule has 0 spiro atoms. The molecule has 2 rings (SSSR count). The minimum absolute atomic E-state index is 0.244. The minimum Gasteiger partial charge on any atom is -0.493 e. The molecule has 1 aliphatic rings. The number of hydrogen-bond acceptors (Lipinski definition) is 5. The van der Waals surface area contributed by atoms with Gasteiger partial charge in [-0.05, 0) is 31.5 Å². The fraction of sp³-hybridized carbons (Fsp3) is 0.333. The van der Waals surface area contributed by atoms with E-state index in [1.54, 1.807) is 38.1 Å². The first-order valence-corrected chi connectivity index (χ1v) is 7.88. The molecule has 0 saturated heterocycles. The highest BCUT2D eigenvalue weighted by molar-refractivity contribution is 5.95. The predicted octanol–water partition coefficient (Wildman–Crippen LogP) is 2.45. The predicted molar refractivity (Wildman–Crippen MR) is 92.4 cm³/mol. The first kappa shape index (κ1) is 18.4. The van der Waals surface area contributed by atoms with Crippen molar-refractivity contribution >= 4 is 12.0 Å². The van der Waals surface area contributed by atoms with Crippen LogP contribution in [0.3, 0.4) is 0 Å². The first-order chi connectivity index (χ1) is 12.0. The van der Waals surface area contributed by atoms with Crippen LogP contribution in [0.1, 0.15) is 25.5 Å². The zero-order valence-corrected chi connectivity index (χ0v) is 14.5. The highest BCUT2D eigenvalue weighted by Crippen LogP contribution is 2.34. The van der Waals surface area contributed by atoms with Crippen LogP contribution in [0.15, 0.2) is 42.1 Å². The maximum atomic E-state index is 12.3. The van der Waals surface area contributed by atoms with Gasteiger partial charge in [-0.1, -0.05) is 18.7 Å². The molecule has 2 N–H and O–H groups in total. The van der Waals surface area contributed by atoms with E-state index in [2.05, 4.69) is 17.2 Å². The molecule has 0 saturated carbocycles. The molecule has 0 aromatic heterocycles. The van der Waals surface area contributed by atoms with Gasteiger partial charge in [0, 0.05) is 5.70 Å². The van der Waals surface area contributed by atoms with E-state index >= 15 is 0 Å². The average molecular weight is 346 g/mol. The Morgan fingerprint density at radius 1 is 1.36 bits per heavy atom. The molecule has 7 nitrogen and oxygen atoms in total. The molecule has 2 amide bonds. The summed E-state index contributed by atoms with van der Waals surface area (Å²) >= 11 is 0. The normalized spacial score (nSPS) is 16.6. The van der Waals surface area contributed by atoms with Crippen molar-refractivity contribution in [1.82, 2.24) is 10.6 Å². The smallest absolute Gasteiger partial charge is 0.338 e. The molecule has 0 aliphatic carbocycles. The van der Waals surface area contributed by atoms with Crippen LogP contribution in [0.5, 0.6) is 11.5 Å². The highest BCUT2D eigenvalue weighted by atomic mass is 16.5. The molecule has 0 radical (unpaired) electrons. The van der Waals surface area contributed by atoms with Crippen molar-refractivity contribution in [3.63, 3.8) is 0 Å². The van der Waals surface area contributed by atoms with Crippen molar-refractivity contribution < 1.29 is 23.8 Å². The second-order valence-electron chi connectivity index (χ2n) is 5.30. The lowest BCUT2D eigenvalue weighted by molar-refractivity contribution is -0.139. The van der Waals surface area contributed by atoms with Gasteiger partial charge in [0.2, 0.25) is 0 Å². The lowest BCUT2D eigenvalue weighted by atomic mass is 9.95. The van der Waals surface area contributed by atoms with Crippen LogP contribution in [0.2, 0.25) is 0 Å². The number of esters is 1. The minimum atomic E-state index is -0.643. The van der Waals surface area contributed by atoms with Gasteiger partial charge in [-0.2, -0.15) is 0 Å². The van der Waals surface area contributed by atoms with E-state index in [0.717, 1.165) is 0 Å². The third kappa shape index (κ3) is 4.12. The number of nitrogens with one attached hydrogen (secondary N) is 2. The van der Waals surface area contributed by atoms with E-state index in [-0.39, 0.29) is 12.6 Å². The van der Waals surface area contributed by atoms with E-state index in [1.165, 1.54) is 7.11 Å². The third-order valence-corrected chi connectivity index (χ3v) is 3.64. The Labute approximate surface area is 146 Å². The van der Waals surface area contributed by atoms with Gasteiger partial charge in [0.25, 0.3) is 0 Å². The zero-order chi connectivity index (χ0) is 18.4. The van der Waals surface area contributed by atoms with Gasteiger partial charge in [0.05, 0.1) is 25.3 Å². The number of rotatable bonds is 7. The van der Waals surface area contributed by atoms with Gasteiger partial charge in [0.1, 0.15) is 6.61 Å². The van der Waals surface area contributed by atoms with Crippen LogP contribution in [-0.2, 0) is 9.53 Å². The summed E-state index contributed by atoms with van der Waals surface area (Å²) in [5.41, 5.74) is 1.49. The molecule has 0 bridgehead atoms. The average Bonchev–Trinajstić information content (AvgIpc) is 2.59. The van der Waals surface area contributed by atoms with Gasteiger partial charge in [-0.25, -0.2) is 9.59 Å². The molecular weight excluding hydrogens is 324 g/mol. The largest absolute Gasteiger partial charge is 0.493 e. The Hall–Kier alpha value is -2.96. The standard InChI is InChI=1S/C18H22N2O5/c1-5-9-25-13-8-7-12(10-14(13)23-4)16-15(17(21)24-6-2)11(3)19-18(22)20-16/h5,7-8,10,16H,1,6,9H2,2-4H3,(H2,19,20,22)/t16-/m0/s1. The van der Waals surface area contributed by atoms with E-state index < -0.39 is 12.0 Å². The Kier molecular flexibility index (Phi) is 6.05. The van der Waals surface area contributed by atoms with Crippen LogP contribution in [0.25, 0.3) is 0 Å². The highest BCUT2D eigenvalue weighted by Gasteiger charge is 2.32. The number of allylic oxidation sites excluding steroid dienone is 1. The number of hydrogen-bond donors (Lipinski definition) is 2. The number of carbonyl (C=O) groups excluding carboxylic acids is 2. The van der Waals surface area contributed by atoms with Crippen molar-refractivity contribution in [2.45, 2.75) is 19.9 Å². The molecule has 0 unspecified atom stereocenters. The zero-order valence-electron chi connectivity index (χ0n) is 14.5. The fourth-order valence-electron chi connectivity index (χ4n) is 2.55.